The van der Waals surface area contributed by atoms with E-state index in [4.69, 9.17) is 4.74 Å². The molecule has 2 rings (SSSR count). The van der Waals surface area contributed by atoms with E-state index in [1.54, 1.807) is 0 Å². The predicted octanol–water partition coefficient (Wildman–Crippen LogP) is 2.24. The summed E-state index contributed by atoms with van der Waals surface area (Å²) in [5, 5.41) is 0. The number of aliphatic imine (C=N–C) groups is 1. The van der Waals surface area contributed by atoms with Crippen molar-refractivity contribution in [1.29, 1.82) is 0 Å². The number of Topliss-reactive ketones (excluding diaryl/α,β-unsaturated/α-hetero) is 1. The molecule has 0 aromatic heterocycles. The van der Waals surface area contributed by atoms with Crippen molar-refractivity contribution in [2.24, 2.45) is 4.99 Å². The Morgan fingerprint density at radius 1 is 1.44 bits per heavy atom. The van der Waals surface area contributed by atoms with Gasteiger partial charge in [-0.25, -0.2) is 0 Å². The van der Waals surface area contributed by atoms with Gasteiger partial charge in [0.15, 0.2) is 5.78 Å². The lowest BCUT2D eigenvalue weighted by Gasteiger charge is -1.96. The Hall–Kier alpha value is -1.64. The molecule has 0 saturated heterocycles. The molecular formula is C13H15NO2. The molecule has 3 heteroatoms. The van der Waals surface area contributed by atoms with Gasteiger partial charge < -0.3 is 4.74 Å². The lowest BCUT2D eigenvalue weighted by molar-refractivity contribution is -0.117. The summed E-state index contributed by atoms with van der Waals surface area (Å²) < 4.78 is 5.46. The first kappa shape index (κ1) is 10.9. The van der Waals surface area contributed by atoms with Gasteiger partial charge in [0.2, 0.25) is 0 Å². The van der Waals surface area contributed by atoms with Crippen molar-refractivity contribution in [2.45, 2.75) is 19.8 Å². The van der Waals surface area contributed by atoms with Crippen LogP contribution in [0.2, 0.25) is 0 Å². The van der Waals surface area contributed by atoms with Crippen molar-refractivity contribution in [2.75, 3.05) is 13.2 Å². The van der Waals surface area contributed by atoms with Crippen LogP contribution < -0.4 is 4.74 Å². The number of ether oxygens (including phenoxy) is 1. The fraction of sp³-hybridized carbons (Fsp3) is 0.385. The average Bonchev–Trinajstić information content (AvgIpc) is 2.70. The van der Waals surface area contributed by atoms with Crippen LogP contribution in [-0.4, -0.2) is 24.6 Å². The van der Waals surface area contributed by atoms with Crippen LogP contribution in [0.5, 0.6) is 5.75 Å². The quantitative estimate of drug-likeness (QED) is 0.775. The summed E-state index contributed by atoms with van der Waals surface area (Å²) in [5.41, 5.74) is 1.91. The molecule has 0 radical (unpaired) electrons. The second-order valence-corrected chi connectivity index (χ2v) is 3.84. The normalized spacial score (nSPS) is 15.9. The Morgan fingerprint density at radius 2 is 2.25 bits per heavy atom. The van der Waals surface area contributed by atoms with E-state index >= 15 is 0 Å². The number of ketones is 1. The minimum Gasteiger partial charge on any atom is -0.487 e. The van der Waals surface area contributed by atoms with E-state index in [2.05, 4.69) is 4.99 Å². The molecule has 1 aliphatic rings. The van der Waals surface area contributed by atoms with Gasteiger partial charge in [0, 0.05) is 12.0 Å². The third kappa shape index (κ3) is 2.30. The van der Waals surface area contributed by atoms with Gasteiger partial charge >= 0.3 is 0 Å². The lowest BCUT2D eigenvalue weighted by Crippen LogP contribution is -2.08. The zero-order chi connectivity index (χ0) is 11.4. The Labute approximate surface area is 95.2 Å². The van der Waals surface area contributed by atoms with E-state index in [-0.39, 0.29) is 12.3 Å². The van der Waals surface area contributed by atoms with Crippen molar-refractivity contribution in [3.63, 3.8) is 0 Å². The van der Waals surface area contributed by atoms with Gasteiger partial charge in [-0.05, 0) is 18.6 Å². The van der Waals surface area contributed by atoms with Crippen LogP contribution in [0.4, 0.5) is 0 Å². The van der Waals surface area contributed by atoms with Gasteiger partial charge in [-0.3, -0.25) is 9.79 Å². The second-order valence-electron chi connectivity index (χ2n) is 3.84. The van der Waals surface area contributed by atoms with Gasteiger partial charge in [-0.2, -0.15) is 0 Å². The van der Waals surface area contributed by atoms with Gasteiger partial charge in [0.05, 0.1) is 12.3 Å². The molecule has 1 aliphatic heterocycles. The third-order valence-corrected chi connectivity index (χ3v) is 2.54. The van der Waals surface area contributed by atoms with Crippen molar-refractivity contribution in [3.05, 3.63) is 29.8 Å². The average molecular weight is 217 g/mol. The maximum atomic E-state index is 11.4. The first-order valence-electron chi connectivity index (χ1n) is 5.58. The molecule has 0 unspecified atom stereocenters. The molecule has 0 fully saturated rings. The molecule has 0 atom stereocenters. The van der Waals surface area contributed by atoms with Crippen LogP contribution in [0.15, 0.2) is 29.3 Å². The zero-order valence-corrected chi connectivity index (χ0v) is 9.40. The number of nitrogens with zero attached hydrogens (tertiary/aromatic N) is 1. The molecule has 1 aromatic carbocycles. The smallest absolute Gasteiger partial charge is 0.154 e. The highest BCUT2D eigenvalue weighted by Crippen LogP contribution is 2.24. The first-order chi connectivity index (χ1) is 7.81. The highest BCUT2D eigenvalue weighted by Gasteiger charge is 2.17. The molecule has 3 nitrogen and oxygen atoms in total. The van der Waals surface area contributed by atoms with Crippen molar-refractivity contribution in [3.8, 4) is 5.75 Å². The molecule has 84 valence electrons. The van der Waals surface area contributed by atoms with E-state index in [0.29, 0.717) is 13.0 Å². The predicted molar refractivity (Wildman–Crippen MR) is 63.3 cm³/mol. The Morgan fingerprint density at radius 3 is 3.06 bits per heavy atom. The molecule has 1 heterocycles. The molecule has 0 bridgehead atoms. The van der Waals surface area contributed by atoms with Crippen molar-refractivity contribution in [1.82, 2.24) is 0 Å². The SMILES string of the molecule is CCCC(=O)CN=C1COc2ccccc21. The highest BCUT2D eigenvalue weighted by molar-refractivity contribution is 6.06. The summed E-state index contributed by atoms with van der Waals surface area (Å²) in [7, 11) is 0. The Balaban J connectivity index is 2.07. The van der Waals surface area contributed by atoms with Crippen molar-refractivity contribution < 1.29 is 9.53 Å². The molecule has 0 N–H and O–H groups in total. The minimum absolute atomic E-state index is 0.194. The van der Waals surface area contributed by atoms with E-state index in [9.17, 15) is 4.79 Å². The molecular weight excluding hydrogens is 202 g/mol. The number of carbonyl (C=O) groups is 1. The van der Waals surface area contributed by atoms with Crippen LogP contribution in [0.1, 0.15) is 25.3 Å². The molecule has 0 aliphatic carbocycles. The number of hydrogen-bond donors (Lipinski definition) is 0. The van der Waals surface area contributed by atoms with Crippen LogP contribution in [0.25, 0.3) is 0 Å². The third-order valence-electron chi connectivity index (χ3n) is 2.54. The summed E-state index contributed by atoms with van der Waals surface area (Å²) >= 11 is 0. The number of para-hydroxylation sites is 1. The number of benzene rings is 1. The topological polar surface area (TPSA) is 38.7 Å². The summed E-state index contributed by atoms with van der Waals surface area (Å²) in [6.45, 7) is 2.76. The fourth-order valence-corrected chi connectivity index (χ4v) is 1.73. The Bertz CT molecular complexity index is 424. The number of hydrogen-bond acceptors (Lipinski definition) is 3. The molecule has 0 amide bonds. The maximum absolute atomic E-state index is 11.4. The summed E-state index contributed by atoms with van der Waals surface area (Å²) in [6.07, 6.45) is 1.50. The minimum atomic E-state index is 0.194. The molecule has 0 saturated carbocycles. The van der Waals surface area contributed by atoms with E-state index in [0.717, 1.165) is 23.4 Å². The molecule has 16 heavy (non-hydrogen) atoms. The highest BCUT2D eigenvalue weighted by atomic mass is 16.5. The monoisotopic (exact) mass is 217 g/mol. The van der Waals surface area contributed by atoms with Crippen LogP contribution in [0.3, 0.4) is 0 Å². The largest absolute Gasteiger partial charge is 0.487 e. The van der Waals surface area contributed by atoms with E-state index in [1.807, 2.05) is 31.2 Å². The first-order valence-corrected chi connectivity index (χ1v) is 5.58. The van der Waals surface area contributed by atoms with Crippen LogP contribution in [0, 0.1) is 0 Å². The van der Waals surface area contributed by atoms with E-state index < -0.39 is 0 Å². The zero-order valence-electron chi connectivity index (χ0n) is 9.40. The van der Waals surface area contributed by atoms with Crippen molar-refractivity contribution >= 4 is 11.5 Å². The van der Waals surface area contributed by atoms with Crippen LogP contribution >= 0.6 is 0 Å². The van der Waals surface area contributed by atoms with Gasteiger partial charge in [-0.15, -0.1) is 0 Å². The fourth-order valence-electron chi connectivity index (χ4n) is 1.73. The summed E-state index contributed by atoms with van der Waals surface area (Å²) in [5.74, 6) is 1.06. The Kier molecular flexibility index (Phi) is 3.34. The summed E-state index contributed by atoms with van der Waals surface area (Å²) in [6, 6.07) is 7.79. The lowest BCUT2D eigenvalue weighted by atomic mass is 10.1. The molecule has 0 spiro atoms. The summed E-state index contributed by atoms with van der Waals surface area (Å²) in [4.78, 5) is 15.7. The van der Waals surface area contributed by atoms with Gasteiger partial charge in [0.1, 0.15) is 12.4 Å². The number of carbonyl (C=O) groups excluding carboxylic acids is 1. The van der Waals surface area contributed by atoms with Crippen LogP contribution in [-0.2, 0) is 4.79 Å². The second kappa shape index (κ2) is 4.92. The maximum Gasteiger partial charge on any atom is 0.154 e. The standard InChI is InChI=1S/C13H15NO2/c1-2-5-10(15)8-14-12-9-16-13-7-4-3-6-11(12)13/h3-4,6-7H,2,5,8-9H2,1H3. The van der Waals surface area contributed by atoms with E-state index in [1.165, 1.54) is 0 Å². The number of fused-ring (bicyclic) bond motifs is 1. The van der Waals surface area contributed by atoms with Gasteiger partial charge in [-0.1, -0.05) is 19.1 Å². The van der Waals surface area contributed by atoms with Gasteiger partial charge in [0.25, 0.3) is 0 Å². The molecule has 1 aromatic rings. The number of rotatable bonds is 4.